The van der Waals surface area contributed by atoms with Gasteiger partial charge in [0.2, 0.25) is 17.7 Å². The van der Waals surface area contributed by atoms with E-state index in [2.05, 4.69) is 36.1 Å². The van der Waals surface area contributed by atoms with Crippen LogP contribution in [0.15, 0.2) is 45.9 Å². The maximum atomic E-state index is 12.2. The first-order chi connectivity index (χ1) is 18.2. The zero-order valence-corrected chi connectivity index (χ0v) is 22.2. The van der Waals surface area contributed by atoms with Crippen LogP contribution in [0.2, 0.25) is 0 Å². The van der Waals surface area contributed by atoms with Crippen LogP contribution in [0.5, 0.6) is 0 Å². The Morgan fingerprint density at radius 2 is 1.79 bits per heavy atom. The molecule has 3 aromatic rings. The lowest BCUT2D eigenvalue weighted by Gasteiger charge is -2.55. The van der Waals surface area contributed by atoms with Crippen LogP contribution in [0.1, 0.15) is 58.8 Å². The van der Waals surface area contributed by atoms with Gasteiger partial charge < -0.3 is 20.0 Å². The SMILES string of the molecule is C.CN=C(C)C.Nc1ccc(N2CCC3(CC2)CN(c2ccc4nc(C5CCC(=O)NC5=O)oc4c2)C3)cn1. The number of rotatable bonds is 3. The number of piperidine rings is 2. The summed E-state index contributed by atoms with van der Waals surface area (Å²) in [4.78, 5) is 40.9. The average molecular weight is 534 g/mol. The summed E-state index contributed by atoms with van der Waals surface area (Å²) in [5, 5.41) is 2.37. The number of nitrogens with zero attached hydrogens (tertiary/aromatic N) is 5. The standard InChI is InChI=1S/C24H26N6O3.C4H9N.CH4/c25-20-5-2-16(12-26-20)29-9-7-24(8-10-29)13-30(14-24)15-1-4-18-19(11-15)33-23(27-18)17-3-6-21(31)28-22(17)32;1-4(2)5-3;/h1-2,4-5,11-12,17H,3,6-10,13-14H2,(H2,25,26)(H,28,31,32);1-3H3;1H4. The normalized spacial score (nSPS) is 19.9. The summed E-state index contributed by atoms with van der Waals surface area (Å²) in [6.45, 7) is 8.05. The molecule has 0 aliphatic carbocycles. The zero-order valence-electron chi connectivity index (χ0n) is 22.2. The predicted octanol–water partition coefficient (Wildman–Crippen LogP) is 4.17. The molecule has 0 bridgehead atoms. The van der Waals surface area contributed by atoms with Crippen LogP contribution in [0.25, 0.3) is 11.1 Å². The van der Waals surface area contributed by atoms with Crippen molar-refractivity contribution in [1.29, 1.82) is 0 Å². The number of imide groups is 1. The molecule has 5 heterocycles. The highest BCUT2D eigenvalue weighted by atomic mass is 16.3. The number of oxazole rings is 1. The number of aromatic nitrogens is 2. The number of pyridine rings is 1. The molecule has 0 saturated carbocycles. The Morgan fingerprint density at radius 3 is 2.41 bits per heavy atom. The lowest BCUT2D eigenvalue weighted by atomic mass is 9.71. The van der Waals surface area contributed by atoms with Crippen molar-refractivity contribution >= 4 is 45.8 Å². The Balaban J connectivity index is 0.000000542. The second-order valence-electron chi connectivity index (χ2n) is 10.7. The maximum absolute atomic E-state index is 12.2. The summed E-state index contributed by atoms with van der Waals surface area (Å²) in [6, 6.07) is 9.94. The van der Waals surface area contributed by atoms with E-state index in [4.69, 9.17) is 10.2 Å². The second-order valence-corrected chi connectivity index (χ2v) is 10.7. The summed E-state index contributed by atoms with van der Waals surface area (Å²) < 4.78 is 5.95. The number of anilines is 3. The minimum absolute atomic E-state index is 0. The molecule has 1 spiro atoms. The van der Waals surface area contributed by atoms with E-state index in [0.29, 0.717) is 35.5 Å². The van der Waals surface area contributed by atoms with Crippen molar-refractivity contribution in [1.82, 2.24) is 15.3 Å². The first-order valence-corrected chi connectivity index (χ1v) is 13.1. The minimum atomic E-state index is -0.507. The van der Waals surface area contributed by atoms with Crippen molar-refractivity contribution in [3.05, 3.63) is 42.4 Å². The quantitative estimate of drug-likeness (QED) is 0.379. The van der Waals surface area contributed by atoms with Crippen molar-refractivity contribution in [2.75, 3.05) is 48.8 Å². The van der Waals surface area contributed by atoms with Crippen LogP contribution < -0.4 is 20.9 Å². The summed E-state index contributed by atoms with van der Waals surface area (Å²) in [5.74, 6) is -0.139. The van der Waals surface area contributed by atoms with Crippen LogP contribution in [-0.4, -0.2) is 60.7 Å². The molecule has 0 radical (unpaired) electrons. The van der Waals surface area contributed by atoms with Gasteiger partial charge in [-0.25, -0.2) is 9.97 Å². The van der Waals surface area contributed by atoms with E-state index in [1.807, 2.05) is 44.3 Å². The van der Waals surface area contributed by atoms with Crippen molar-refractivity contribution in [3.8, 4) is 0 Å². The van der Waals surface area contributed by atoms with Gasteiger partial charge in [0.15, 0.2) is 5.58 Å². The van der Waals surface area contributed by atoms with Gasteiger partial charge in [0, 0.05) is 62.5 Å². The fraction of sp³-hybridized carbons (Fsp3) is 0.483. The molecule has 3 saturated heterocycles. The summed E-state index contributed by atoms with van der Waals surface area (Å²) in [7, 11) is 1.79. The molecule has 6 rings (SSSR count). The van der Waals surface area contributed by atoms with E-state index in [9.17, 15) is 9.59 Å². The minimum Gasteiger partial charge on any atom is -0.440 e. The Labute approximate surface area is 229 Å². The number of nitrogens with two attached hydrogens (primary N) is 1. The number of carbonyl (C=O) groups excluding carboxylic acids is 2. The summed E-state index contributed by atoms with van der Waals surface area (Å²) >= 11 is 0. The van der Waals surface area contributed by atoms with E-state index in [1.165, 1.54) is 0 Å². The van der Waals surface area contributed by atoms with Gasteiger partial charge in [-0.1, -0.05) is 7.43 Å². The van der Waals surface area contributed by atoms with Crippen molar-refractivity contribution in [2.24, 2.45) is 10.4 Å². The van der Waals surface area contributed by atoms with Crippen molar-refractivity contribution in [2.45, 2.75) is 52.9 Å². The van der Waals surface area contributed by atoms with Gasteiger partial charge in [-0.05, 0) is 57.4 Å². The average Bonchev–Trinajstić information content (AvgIpc) is 3.31. The largest absolute Gasteiger partial charge is 0.440 e. The lowest BCUT2D eigenvalue weighted by Crippen LogP contribution is -2.60. The Bertz CT molecular complexity index is 1340. The molecule has 2 amide bonds. The molecule has 1 unspecified atom stereocenters. The molecule has 3 aliphatic rings. The van der Waals surface area contributed by atoms with Crippen LogP contribution in [0.3, 0.4) is 0 Å². The summed E-state index contributed by atoms with van der Waals surface area (Å²) in [6.07, 6.45) is 4.90. The topological polar surface area (TPSA) is 130 Å². The van der Waals surface area contributed by atoms with E-state index in [-0.39, 0.29) is 19.2 Å². The zero-order chi connectivity index (χ0) is 26.9. The number of hydrogen-bond donors (Lipinski definition) is 2. The van der Waals surface area contributed by atoms with E-state index in [0.717, 1.165) is 61.6 Å². The molecule has 10 nitrogen and oxygen atoms in total. The molecule has 1 atom stereocenters. The van der Waals surface area contributed by atoms with Crippen LogP contribution in [0.4, 0.5) is 17.2 Å². The molecular weight excluding hydrogens is 494 g/mol. The van der Waals surface area contributed by atoms with Gasteiger partial charge in [0.25, 0.3) is 0 Å². The van der Waals surface area contributed by atoms with Gasteiger partial charge in [0.1, 0.15) is 17.3 Å². The maximum Gasteiger partial charge on any atom is 0.239 e. The Morgan fingerprint density at radius 1 is 1.10 bits per heavy atom. The van der Waals surface area contributed by atoms with Crippen molar-refractivity contribution < 1.29 is 14.0 Å². The molecule has 3 fully saturated rings. The first kappa shape index (κ1) is 28.1. The number of amides is 2. The smallest absolute Gasteiger partial charge is 0.239 e. The number of carbonyl (C=O) groups is 2. The third kappa shape index (κ3) is 6.05. The van der Waals surface area contributed by atoms with Crippen LogP contribution in [-0.2, 0) is 9.59 Å². The monoisotopic (exact) mass is 533 g/mol. The van der Waals surface area contributed by atoms with E-state index in [1.54, 1.807) is 7.05 Å². The van der Waals surface area contributed by atoms with E-state index < -0.39 is 5.92 Å². The Kier molecular flexibility index (Phi) is 8.22. The van der Waals surface area contributed by atoms with Gasteiger partial charge in [-0.2, -0.15) is 0 Å². The molecule has 208 valence electrons. The van der Waals surface area contributed by atoms with Gasteiger partial charge in [-0.15, -0.1) is 0 Å². The third-order valence-electron chi connectivity index (χ3n) is 7.75. The Hall–Kier alpha value is -3.95. The lowest BCUT2D eigenvalue weighted by molar-refractivity contribution is -0.134. The van der Waals surface area contributed by atoms with Gasteiger partial charge in [0.05, 0.1) is 11.9 Å². The van der Waals surface area contributed by atoms with Crippen LogP contribution in [0, 0.1) is 5.41 Å². The molecule has 39 heavy (non-hydrogen) atoms. The number of nitrogen functional groups attached to an aromatic ring is 1. The molecule has 2 aromatic heterocycles. The van der Waals surface area contributed by atoms with Crippen molar-refractivity contribution in [3.63, 3.8) is 0 Å². The number of hydrogen-bond acceptors (Lipinski definition) is 9. The first-order valence-electron chi connectivity index (χ1n) is 13.1. The van der Waals surface area contributed by atoms with Gasteiger partial charge in [-0.3, -0.25) is 19.9 Å². The third-order valence-corrected chi connectivity index (χ3v) is 7.75. The fourth-order valence-corrected chi connectivity index (χ4v) is 5.29. The van der Waals surface area contributed by atoms with E-state index >= 15 is 0 Å². The predicted molar refractivity (Wildman–Crippen MR) is 155 cm³/mol. The molecule has 1 aromatic carbocycles. The van der Waals surface area contributed by atoms with Crippen LogP contribution >= 0.6 is 0 Å². The molecule has 10 heteroatoms. The second kappa shape index (κ2) is 11.4. The molecule has 3 aliphatic heterocycles. The molecule has 3 N–H and O–H groups in total. The number of aliphatic imine (C=N–C) groups is 1. The summed E-state index contributed by atoms with van der Waals surface area (Å²) in [5.41, 5.74) is 10.9. The highest BCUT2D eigenvalue weighted by Gasteiger charge is 2.45. The molecular formula is C29H39N7O3. The highest BCUT2D eigenvalue weighted by molar-refractivity contribution is 6.00. The van der Waals surface area contributed by atoms with Gasteiger partial charge >= 0.3 is 0 Å². The number of fused-ring (bicyclic) bond motifs is 1. The number of nitrogens with one attached hydrogen (secondary N) is 1. The fourth-order valence-electron chi connectivity index (χ4n) is 5.29. The number of benzene rings is 1. The highest BCUT2D eigenvalue weighted by Crippen LogP contribution is 2.44.